The molecule has 0 N–H and O–H groups in total. The summed E-state index contributed by atoms with van der Waals surface area (Å²) >= 11 is 3.43. The Morgan fingerprint density at radius 3 is 2.88 bits per heavy atom. The van der Waals surface area contributed by atoms with Crippen molar-refractivity contribution in [1.29, 1.82) is 0 Å². The minimum atomic E-state index is -0.0792. The fourth-order valence-electron chi connectivity index (χ4n) is 3.13. The fourth-order valence-corrected chi connectivity index (χ4v) is 3.46. The quantitative estimate of drug-likeness (QED) is 0.644. The van der Waals surface area contributed by atoms with Gasteiger partial charge in [-0.2, -0.15) is 5.10 Å². The fraction of sp³-hybridized carbons (Fsp3) is 0.222. The van der Waals surface area contributed by atoms with Crippen molar-refractivity contribution in [1.82, 2.24) is 14.6 Å². The van der Waals surface area contributed by atoms with Gasteiger partial charge in [-0.1, -0.05) is 12.1 Å². The number of amides is 1. The van der Waals surface area contributed by atoms with Crippen LogP contribution in [0.3, 0.4) is 0 Å². The molecule has 122 valence electrons. The Labute approximate surface area is 148 Å². The van der Waals surface area contributed by atoms with Gasteiger partial charge >= 0.3 is 0 Å². The van der Waals surface area contributed by atoms with Crippen molar-refractivity contribution in [3.05, 3.63) is 63.9 Å². The highest BCUT2D eigenvalue weighted by molar-refractivity contribution is 9.10. The smallest absolute Gasteiger partial charge is 0.285 e. The van der Waals surface area contributed by atoms with Crippen LogP contribution in [0.1, 0.15) is 21.6 Å². The summed E-state index contributed by atoms with van der Waals surface area (Å²) in [5.74, 6) is -0.0792. The molecular formula is C18H17BrN4O. The van der Waals surface area contributed by atoms with Crippen LogP contribution >= 0.6 is 15.9 Å². The molecule has 3 heterocycles. The Hall–Kier alpha value is -2.34. The van der Waals surface area contributed by atoms with E-state index in [2.05, 4.69) is 46.2 Å². The van der Waals surface area contributed by atoms with Crippen LogP contribution in [-0.2, 0) is 6.42 Å². The minimum Gasteiger partial charge on any atom is -0.285 e. The zero-order valence-electron chi connectivity index (χ0n) is 13.5. The van der Waals surface area contributed by atoms with E-state index in [-0.39, 0.29) is 5.91 Å². The van der Waals surface area contributed by atoms with Crippen LogP contribution in [0.2, 0.25) is 0 Å². The molecule has 2 aromatic heterocycles. The summed E-state index contributed by atoms with van der Waals surface area (Å²) in [5.41, 5.74) is 4.90. The summed E-state index contributed by atoms with van der Waals surface area (Å²) in [4.78, 5) is 13.0. The van der Waals surface area contributed by atoms with Crippen LogP contribution in [0.15, 0.2) is 47.1 Å². The number of rotatable bonds is 1. The summed E-state index contributed by atoms with van der Waals surface area (Å²) in [6.45, 7) is 2.72. The number of anilines is 1. The summed E-state index contributed by atoms with van der Waals surface area (Å²) in [5, 5.41) is 8.13. The van der Waals surface area contributed by atoms with Crippen molar-refractivity contribution < 1.29 is 4.79 Å². The molecule has 1 aliphatic rings. The second kappa shape index (κ2) is 5.63. The number of nitrogens with zero attached hydrogens (tertiary/aromatic N) is 4. The number of carbonyl (C=O) groups excluding carboxylic acids is 1. The topological polar surface area (TPSA) is 40.9 Å². The van der Waals surface area contributed by atoms with Crippen LogP contribution in [0.5, 0.6) is 0 Å². The molecule has 4 rings (SSSR count). The first-order valence-corrected chi connectivity index (χ1v) is 8.62. The lowest BCUT2D eigenvalue weighted by atomic mass is 10.0. The van der Waals surface area contributed by atoms with Gasteiger partial charge in [0, 0.05) is 24.3 Å². The lowest BCUT2D eigenvalue weighted by Gasteiger charge is -2.38. The number of fused-ring (bicyclic) bond motifs is 2. The number of benzene rings is 1. The maximum absolute atomic E-state index is 13.0. The second-order valence-corrected chi connectivity index (χ2v) is 7.00. The third kappa shape index (κ3) is 2.47. The van der Waals surface area contributed by atoms with Crippen LogP contribution in [-0.4, -0.2) is 34.1 Å². The highest BCUT2D eigenvalue weighted by Gasteiger charge is 2.27. The molecule has 0 atom stereocenters. The SMILES string of the molecule is Cc1ccc2c(c1)N(C)N(C(=O)c1cc3ccc(Br)cn3n1)CC2. The number of hydrogen-bond acceptors (Lipinski definition) is 3. The molecule has 0 spiro atoms. The molecule has 5 nitrogen and oxygen atoms in total. The molecule has 24 heavy (non-hydrogen) atoms. The van der Waals surface area contributed by atoms with Gasteiger partial charge in [0.05, 0.1) is 11.2 Å². The van der Waals surface area contributed by atoms with Gasteiger partial charge in [-0.15, -0.1) is 0 Å². The van der Waals surface area contributed by atoms with Gasteiger partial charge in [0.2, 0.25) is 0 Å². The Bertz CT molecular complexity index is 949. The van der Waals surface area contributed by atoms with Crippen molar-refractivity contribution in [2.24, 2.45) is 0 Å². The molecule has 0 saturated carbocycles. The number of hydrogen-bond donors (Lipinski definition) is 0. The summed E-state index contributed by atoms with van der Waals surface area (Å²) in [7, 11) is 1.93. The van der Waals surface area contributed by atoms with Crippen molar-refractivity contribution in [2.45, 2.75) is 13.3 Å². The number of aromatic nitrogens is 2. The highest BCUT2D eigenvalue weighted by atomic mass is 79.9. The summed E-state index contributed by atoms with van der Waals surface area (Å²) < 4.78 is 2.65. The molecule has 6 heteroatoms. The van der Waals surface area contributed by atoms with Crippen molar-refractivity contribution in [3.8, 4) is 0 Å². The van der Waals surface area contributed by atoms with Gasteiger partial charge in [0.15, 0.2) is 5.69 Å². The molecule has 0 saturated heterocycles. The van der Waals surface area contributed by atoms with Crippen molar-refractivity contribution in [2.75, 3.05) is 18.6 Å². The number of aryl methyl sites for hydroxylation is 1. The number of hydrazine groups is 1. The largest absolute Gasteiger partial charge is 0.292 e. The number of carbonyl (C=O) groups is 1. The lowest BCUT2D eigenvalue weighted by molar-refractivity contribution is 0.0732. The van der Waals surface area contributed by atoms with Crippen LogP contribution in [0, 0.1) is 6.92 Å². The number of pyridine rings is 1. The first-order valence-electron chi connectivity index (χ1n) is 7.83. The molecule has 3 aromatic rings. The highest BCUT2D eigenvalue weighted by Crippen LogP contribution is 2.28. The minimum absolute atomic E-state index is 0.0792. The molecule has 0 unspecified atom stereocenters. The van der Waals surface area contributed by atoms with Gasteiger partial charge in [-0.25, -0.2) is 9.52 Å². The Morgan fingerprint density at radius 1 is 1.21 bits per heavy atom. The van der Waals surface area contributed by atoms with Gasteiger partial charge in [-0.05, 0) is 64.7 Å². The van der Waals surface area contributed by atoms with E-state index in [0.717, 1.165) is 22.1 Å². The van der Waals surface area contributed by atoms with Crippen molar-refractivity contribution in [3.63, 3.8) is 0 Å². The Morgan fingerprint density at radius 2 is 2.04 bits per heavy atom. The monoisotopic (exact) mass is 384 g/mol. The predicted molar refractivity (Wildman–Crippen MR) is 97.2 cm³/mol. The molecule has 0 radical (unpaired) electrons. The number of halogens is 1. The summed E-state index contributed by atoms with van der Waals surface area (Å²) in [6.07, 6.45) is 2.70. The Balaban J connectivity index is 1.68. The third-order valence-electron chi connectivity index (χ3n) is 4.42. The normalized spacial score (nSPS) is 14.1. The van der Waals surface area contributed by atoms with E-state index in [4.69, 9.17) is 0 Å². The summed E-state index contributed by atoms with van der Waals surface area (Å²) in [6, 6.07) is 12.1. The Kier molecular flexibility index (Phi) is 3.57. The lowest BCUT2D eigenvalue weighted by Crippen LogP contribution is -2.48. The van der Waals surface area contributed by atoms with Crippen LogP contribution < -0.4 is 5.01 Å². The van der Waals surface area contributed by atoms with Gasteiger partial charge in [-0.3, -0.25) is 9.80 Å². The standard InChI is InChI=1S/C18H17BrN4O/c1-12-3-4-13-7-8-23(21(2)17(13)9-12)18(24)16-10-15-6-5-14(19)11-22(15)20-16/h3-6,9-11H,7-8H2,1-2H3. The molecule has 0 aliphatic carbocycles. The molecule has 0 bridgehead atoms. The van der Waals surface area contributed by atoms with Crippen molar-refractivity contribution >= 4 is 33.0 Å². The average Bonchev–Trinajstić information content (AvgIpc) is 2.98. The van der Waals surface area contributed by atoms with Gasteiger partial charge < -0.3 is 0 Å². The van der Waals surface area contributed by atoms with E-state index in [1.54, 1.807) is 9.52 Å². The van der Waals surface area contributed by atoms with E-state index in [1.807, 2.05) is 36.5 Å². The van der Waals surface area contributed by atoms with E-state index >= 15 is 0 Å². The van der Waals surface area contributed by atoms with E-state index < -0.39 is 0 Å². The second-order valence-electron chi connectivity index (χ2n) is 6.08. The molecular weight excluding hydrogens is 368 g/mol. The molecule has 1 aromatic carbocycles. The maximum atomic E-state index is 13.0. The average molecular weight is 385 g/mol. The van der Waals surface area contributed by atoms with Crippen LogP contribution in [0.4, 0.5) is 5.69 Å². The predicted octanol–water partition coefficient (Wildman–Crippen LogP) is 3.45. The van der Waals surface area contributed by atoms with Gasteiger partial charge in [0.1, 0.15) is 0 Å². The van der Waals surface area contributed by atoms with Crippen LogP contribution in [0.25, 0.3) is 5.52 Å². The van der Waals surface area contributed by atoms with E-state index in [9.17, 15) is 4.79 Å². The third-order valence-corrected chi connectivity index (χ3v) is 4.89. The van der Waals surface area contributed by atoms with E-state index in [0.29, 0.717) is 12.2 Å². The van der Waals surface area contributed by atoms with Gasteiger partial charge in [0.25, 0.3) is 5.91 Å². The molecule has 1 amide bonds. The first-order chi connectivity index (χ1) is 11.5. The zero-order valence-corrected chi connectivity index (χ0v) is 15.1. The first kappa shape index (κ1) is 15.2. The van der Waals surface area contributed by atoms with E-state index in [1.165, 1.54) is 11.1 Å². The molecule has 0 fully saturated rings. The zero-order chi connectivity index (χ0) is 16.8. The maximum Gasteiger partial charge on any atom is 0.292 e. The molecule has 1 aliphatic heterocycles.